The van der Waals surface area contributed by atoms with Gasteiger partial charge in [0, 0.05) is 0 Å². The van der Waals surface area contributed by atoms with E-state index in [1.165, 1.54) is 50.5 Å². The van der Waals surface area contributed by atoms with E-state index >= 15 is 0 Å². The monoisotopic (exact) mass is 384 g/mol. The lowest BCUT2D eigenvalue weighted by atomic mass is 9.44. The summed E-state index contributed by atoms with van der Waals surface area (Å²) in [5, 5.41) is 10.2. The maximum absolute atomic E-state index is 10.2. The van der Waals surface area contributed by atoms with Crippen molar-refractivity contribution in [3.8, 4) is 0 Å². The van der Waals surface area contributed by atoms with Gasteiger partial charge in [-0.2, -0.15) is 0 Å². The molecule has 1 nitrogen and oxygen atoms in total. The number of fused-ring (bicyclic) bond motifs is 5. The van der Waals surface area contributed by atoms with Crippen molar-refractivity contribution in [3.05, 3.63) is 23.8 Å². The van der Waals surface area contributed by atoms with Crippen LogP contribution in [0.4, 0.5) is 0 Å². The third-order valence-electron chi connectivity index (χ3n) is 10.2. The summed E-state index contributed by atoms with van der Waals surface area (Å²) in [5.41, 5.74) is 2.45. The SMILES string of the molecule is CC(C)=CC=CC(C)C1CCC2C3CCC4CC(O)CCC4(C)C3CCC12C. The molecular weight excluding hydrogens is 340 g/mol. The van der Waals surface area contributed by atoms with Crippen LogP contribution in [0.3, 0.4) is 0 Å². The molecule has 9 atom stereocenters. The van der Waals surface area contributed by atoms with Crippen molar-refractivity contribution < 1.29 is 5.11 Å². The summed E-state index contributed by atoms with van der Waals surface area (Å²) in [5.74, 6) is 5.16. The van der Waals surface area contributed by atoms with Gasteiger partial charge in [0.25, 0.3) is 0 Å². The van der Waals surface area contributed by atoms with E-state index in [1.54, 1.807) is 0 Å². The van der Waals surface area contributed by atoms with Crippen molar-refractivity contribution in [1.29, 1.82) is 0 Å². The molecule has 1 N–H and O–H groups in total. The van der Waals surface area contributed by atoms with Crippen LogP contribution in [-0.2, 0) is 0 Å². The first kappa shape index (κ1) is 20.7. The standard InChI is InChI=1S/C27H44O/c1-18(2)7-6-8-19(3)23-11-12-24-22-10-9-20-17-21(28)13-15-26(20,4)25(22)14-16-27(23,24)5/h6-8,19-25,28H,9-17H2,1-5H3. The molecule has 4 aliphatic carbocycles. The highest BCUT2D eigenvalue weighted by atomic mass is 16.3. The van der Waals surface area contributed by atoms with E-state index < -0.39 is 0 Å². The van der Waals surface area contributed by atoms with E-state index in [-0.39, 0.29) is 6.10 Å². The zero-order chi connectivity index (χ0) is 20.1. The molecule has 0 bridgehead atoms. The van der Waals surface area contributed by atoms with Crippen molar-refractivity contribution in [2.75, 3.05) is 0 Å². The van der Waals surface area contributed by atoms with E-state index in [0.717, 1.165) is 42.4 Å². The largest absolute Gasteiger partial charge is 0.393 e. The van der Waals surface area contributed by atoms with Gasteiger partial charge in [0.1, 0.15) is 0 Å². The van der Waals surface area contributed by atoms with Crippen molar-refractivity contribution in [3.63, 3.8) is 0 Å². The maximum atomic E-state index is 10.2. The molecule has 0 saturated heterocycles. The normalized spacial score (nSPS) is 49.2. The molecule has 9 unspecified atom stereocenters. The quantitative estimate of drug-likeness (QED) is 0.512. The van der Waals surface area contributed by atoms with Gasteiger partial charge in [-0.1, -0.05) is 44.6 Å². The lowest BCUT2D eigenvalue weighted by Gasteiger charge is -2.61. The number of hydrogen-bond donors (Lipinski definition) is 1. The molecule has 1 heteroatoms. The van der Waals surface area contributed by atoms with Crippen molar-refractivity contribution in [2.24, 2.45) is 46.3 Å². The van der Waals surface area contributed by atoms with Gasteiger partial charge in [-0.3, -0.25) is 0 Å². The highest BCUT2D eigenvalue weighted by Crippen LogP contribution is 2.68. The third kappa shape index (κ3) is 3.34. The molecule has 158 valence electrons. The zero-order valence-corrected chi connectivity index (χ0v) is 19.1. The molecule has 0 aromatic rings. The van der Waals surface area contributed by atoms with Crippen molar-refractivity contribution in [1.82, 2.24) is 0 Å². The number of rotatable bonds is 3. The van der Waals surface area contributed by atoms with Gasteiger partial charge in [0.05, 0.1) is 6.10 Å². The highest BCUT2D eigenvalue weighted by Gasteiger charge is 2.60. The van der Waals surface area contributed by atoms with Crippen LogP contribution in [0, 0.1) is 46.3 Å². The molecular formula is C27H44O. The van der Waals surface area contributed by atoms with E-state index in [9.17, 15) is 5.11 Å². The molecule has 4 aliphatic rings. The highest BCUT2D eigenvalue weighted by molar-refractivity contribution is 5.14. The van der Waals surface area contributed by atoms with Gasteiger partial charge < -0.3 is 5.11 Å². The van der Waals surface area contributed by atoms with E-state index in [2.05, 4.69) is 52.8 Å². The van der Waals surface area contributed by atoms with Crippen molar-refractivity contribution >= 4 is 0 Å². The van der Waals surface area contributed by atoms with E-state index in [0.29, 0.717) is 16.7 Å². The minimum Gasteiger partial charge on any atom is -0.393 e. The summed E-state index contributed by atoms with van der Waals surface area (Å²) in [6, 6.07) is 0. The summed E-state index contributed by atoms with van der Waals surface area (Å²) in [6.45, 7) is 12.1. The van der Waals surface area contributed by atoms with Gasteiger partial charge in [0.2, 0.25) is 0 Å². The van der Waals surface area contributed by atoms with Gasteiger partial charge >= 0.3 is 0 Å². The molecule has 0 aliphatic heterocycles. The number of hydrogen-bond acceptors (Lipinski definition) is 1. The summed E-state index contributed by atoms with van der Waals surface area (Å²) >= 11 is 0. The lowest BCUT2D eigenvalue weighted by molar-refractivity contribution is -0.128. The first-order valence-corrected chi connectivity index (χ1v) is 12.3. The second kappa shape index (κ2) is 7.60. The van der Waals surface area contributed by atoms with Crippen LogP contribution in [0.5, 0.6) is 0 Å². The first-order chi connectivity index (χ1) is 13.3. The molecule has 0 spiro atoms. The molecule has 28 heavy (non-hydrogen) atoms. The fraction of sp³-hybridized carbons (Fsp3) is 0.852. The molecule has 4 rings (SSSR count). The summed E-state index contributed by atoms with van der Waals surface area (Å²) in [4.78, 5) is 0. The Morgan fingerprint density at radius 3 is 2.39 bits per heavy atom. The smallest absolute Gasteiger partial charge is 0.0543 e. The summed E-state index contributed by atoms with van der Waals surface area (Å²) in [6.07, 6.45) is 19.0. The number of aliphatic hydroxyl groups excluding tert-OH is 1. The first-order valence-electron chi connectivity index (χ1n) is 12.3. The van der Waals surface area contributed by atoms with Crippen LogP contribution < -0.4 is 0 Å². The number of allylic oxidation sites excluding steroid dienone is 4. The van der Waals surface area contributed by atoms with Gasteiger partial charge in [0.15, 0.2) is 0 Å². The van der Waals surface area contributed by atoms with Crippen LogP contribution in [-0.4, -0.2) is 11.2 Å². The predicted molar refractivity (Wildman–Crippen MR) is 119 cm³/mol. The van der Waals surface area contributed by atoms with E-state index in [1.807, 2.05) is 0 Å². The summed E-state index contributed by atoms with van der Waals surface area (Å²) in [7, 11) is 0. The van der Waals surface area contributed by atoms with Gasteiger partial charge in [-0.05, 0) is 118 Å². The molecule has 0 amide bonds. The predicted octanol–water partition coefficient (Wildman–Crippen LogP) is 7.16. The van der Waals surface area contributed by atoms with Crippen LogP contribution in [0.25, 0.3) is 0 Å². The fourth-order valence-electron chi connectivity index (χ4n) is 8.70. The van der Waals surface area contributed by atoms with Gasteiger partial charge in [-0.15, -0.1) is 0 Å². The topological polar surface area (TPSA) is 20.2 Å². The molecule has 4 saturated carbocycles. The lowest BCUT2D eigenvalue weighted by Crippen LogP contribution is -2.54. The average Bonchev–Trinajstić information content (AvgIpc) is 2.99. The average molecular weight is 385 g/mol. The molecule has 0 heterocycles. The maximum Gasteiger partial charge on any atom is 0.0543 e. The minimum atomic E-state index is -0.0206. The second-order valence-electron chi connectivity index (χ2n) is 11.8. The zero-order valence-electron chi connectivity index (χ0n) is 19.1. The Morgan fingerprint density at radius 1 is 0.929 bits per heavy atom. The minimum absolute atomic E-state index is 0.0206. The van der Waals surface area contributed by atoms with E-state index in [4.69, 9.17) is 0 Å². The van der Waals surface area contributed by atoms with Gasteiger partial charge in [-0.25, -0.2) is 0 Å². The van der Waals surface area contributed by atoms with Crippen LogP contribution >= 0.6 is 0 Å². The Morgan fingerprint density at radius 2 is 1.64 bits per heavy atom. The van der Waals surface area contributed by atoms with Crippen LogP contribution in [0.15, 0.2) is 23.8 Å². The second-order valence-corrected chi connectivity index (χ2v) is 11.8. The molecule has 0 aromatic carbocycles. The molecule has 0 aromatic heterocycles. The van der Waals surface area contributed by atoms with Crippen LogP contribution in [0.2, 0.25) is 0 Å². The molecule has 0 radical (unpaired) electrons. The van der Waals surface area contributed by atoms with Crippen LogP contribution in [0.1, 0.15) is 92.4 Å². The molecule has 4 fully saturated rings. The Kier molecular flexibility index (Phi) is 5.62. The fourth-order valence-corrected chi connectivity index (χ4v) is 8.70. The Hall–Kier alpha value is -0.560. The Balaban J connectivity index is 1.52. The summed E-state index contributed by atoms with van der Waals surface area (Å²) < 4.78 is 0. The van der Waals surface area contributed by atoms with Crippen molar-refractivity contribution in [2.45, 2.75) is 98.5 Å². The Bertz CT molecular complexity index is 628. The Labute approximate surface area is 174 Å². The third-order valence-corrected chi connectivity index (χ3v) is 10.2. The number of aliphatic hydroxyl groups is 1.